The van der Waals surface area contributed by atoms with Gasteiger partial charge in [0.05, 0.1) is 21.6 Å². The standard InChI is InChI=1S/C14H15N3O4/c1-14(13(18)19)6-2-3-12(14)16-11-5-4-10(17(20)21)7-9(11)8-15/h4-5,7,12,16H,2-3,6H2,1H3,(H,18,19). The van der Waals surface area contributed by atoms with Crippen molar-refractivity contribution in [3.8, 4) is 6.07 Å². The van der Waals surface area contributed by atoms with Crippen LogP contribution < -0.4 is 5.32 Å². The summed E-state index contributed by atoms with van der Waals surface area (Å²) in [6.07, 6.45) is 2.04. The Hall–Kier alpha value is -2.62. The highest BCUT2D eigenvalue weighted by atomic mass is 16.6. The lowest BCUT2D eigenvalue weighted by molar-refractivity contribution is -0.384. The van der Waals surface area contributed by atoms with Crippen LogP contribution in [-0.2, 0) is 4.79 Å². The lowest BCUT2D eigenvalue weighted by atomic mass is 9.84. The second kappa shape index (κ2) is 5.40. The number of hydrogen-bond donors (Lipinski definition) is 2. The van der Waals surface area contributed by atoms with Crippen molar-refractivity contribution in [2.75, 3.05) is 5.32 Å². The maximum atomic E-state index is 11.4. The molecule has 0 saturated heterocycles. The third kappa shape index (κ3) is 2.65. The van der Waals surface area contributed by atoms with Crippen LogP contribution in [0.1, 0.15) is 31.7 Å². The van der Waals surface area contributed by atoms with Crippen LogP contribution in [0.15, 0.2) is 18.2 Å². The van der Waals surface area contributed by atoms with E-state index in [-0.39, 0.29) is 17.3 Å². The van der Waals surface area contributed by atoms with Gasteiger partial charge in [0.1, 0.15) is 6.07 Å². The molecule has 0 radical (unpaired) electrons. The van der Waals surface area contributed by atoms with Gasteiger partial charge in [-0.15, -0.1) is 0 Å². The van der Waals surface area contributed by atoms with Crippen LogP contribution in [0.4, 0.5) is 11.4 Å². The highest BCUT2D eigenvalue weighted by molar-refractivity contribution is 5.77. The zero-order chi connectivity index (χ0) is 15.6. The number of carboxylic acid groups (broad SMARTS) is 1. The number of aliphatic carboxylic acids is 1. The summed E-state index contributed by atoms with van der Waals surface area (Å²) in [4.78, 5) is 21.6. The average Bonchev–Trinajstić information content (AvgIpc) is 2.81. The van der Waals surface area contributed by atoms with Crippen LogP contribution in [0.25, 0.3) is 0 Å². The van der Waals surface area contributed by atoms with Crippen molar-refractivity contribution in [3.05, 3.63) is 33.9 Å². The molecule has 0 amide bonds. The Labute approximate surface area is 121 Å². The maximum Gasteiger partial charge on any atom is 0.311 e. The van der Waals surface area contributed by atoms with E-state index in [4.69, 9.17) is 5.26 Å². The molecule has 7 heteroatoms. The van der Waals surface area contributed by atoms with Gasteiger partial charge in [0, 0.05) is 18.2 Å². The summed E-state index contributed by atoms with van der Waals surface area (Å²) in [6.45, 7) is 1.68. The largest absolute Gasteiger partial charge is 0.481 e. The summed E-state index contributed by atoms with van der Waals surface area (Å²) in [5, 5.41) is 32.3. The molecule has 21 heavy (non-hydrogen) atoms. The molecule has 2 N–H and O–H groups in total. The van der Waals surface area contributed by atoms with Gasteiger partial charge in [0.25, 0.3) is 5.69 Å². The monoisotopic (exact) mass is 289 g/mol. The van der Waals surface area contributed by atoms with Gasteiger partial charge in [-0.25, -0.2) is 0 Å². The van der Waals surface area contributed by atoms with Gasteiger partial charge in [-0.05, 0) is 25.8 Å². The van der Waals surface area contributed by atoms with Gasteiger partial charge in [0.15, 0.2) is 0 Å². The first kappa shape index (κ1) is 14.8. The van der Waals surface area contributed by atoms with Crippen LogP contribution in [-0.4, -0.2) is 22.0 Å². The lowest BCUT2D eigenvalue weighted by Gasteiger charge is -2.28. The number of carbonyl (C=O) groups is 1. The predicted molar refractivity (Wildman–Crippen MR) is 74.8 cm³/mol. The zero-order valence-corrected chi connectivity index (χ0v) is 11.5. The SMILES string of the molecule is CC1(C(=O)O)CCCC1Nc1ccc([N+](=O)[O-])cc1C#N. The molecule has 2 atom stereocenters. The van der Waals surface area contributed by atoms with E-state index in [1.165, 1.54) is 18.2 Å². The molecule has 1 fully saturated rings. The van der Waals surface area contributed by atoms with Gasteiger partial charge in [-0.1, -0.05) is 6.42 Å². The van der Waals surface area contributed by atoms with E-state index >= 15 is 0 Å². The molecule has 0 heterocycles. The first-order chi connectivity index (χ1) is 9.88. The summed E-state index contributed by atoms with van der Waals surface area (Å²) in [5.41, 5.74) is -0.482. The molecule has 1 aliphatic carbocycles. The number of carboxylic acids is 1. The quantitative estimate of drug-likeness (QED) is 0.649. The number of benzene rings is 1. The van der Waals surface area contributed by atoms with Crippen LogP contribution in [0, 0.1) is 26.9 Å². The topological polar surface area (TPSA) is 116 Å². The number of nitrogens with zero attached hydrogens (tertiary/aromatic N) is 2. The number of nitro groups is 1. The summed E-state index contributed by atoms with van der Waals surface area (Å²) >= 11 is 0. The van der Waals surface area contributed by atoms with Crippen LogP contribution in [0.5, 0.6) is 0 Å². The zero-order valence-electron chi connectivity index (χ0n) is 11.5. The third-order valence-corrected chi connectivity index (χ3v) is 4.11. The van der Waals surface area contributed by atoms with Crippen LogP contribution in [0.3, 0.4) is 0 Å². The molecule has 0 bridgehead atoms. The third-order valence-electron chi connectivity index (χ3n) is 4.11. The molecule has 1 aromatic rings. The first-order valence-electron chi connectivity index (χ1n) is 6.57. The number of nitro benzene ring substituents is 1. The predicted octanol–water partition coefficient (Wildman–Crippen LogP) is 2.52. The normalized spacial score (nSPS) is 24.3. The van der Waals surface area contributed by atoms with Gasteiger partial charge in [0.2, 0.25) is 0 Å². The highest BCUT2D eigenvalue weighted by Crippen LogP contribution is 2.40. The Bertz CT molecular complexity index is 638. The Morgan fingerprint density at radius 1 is 1.62 bits per heavy atom. The van der Waals surface area contributed by atoms with Gasteiger partial charge in [-0.3, -0.25) is 14.9 Å². The first-order valence-corrected chi connectivity index (χ1v) is 6.57. The van der Waals surface area contributed by atoms with Crippen molar-refractivity contribution in [1.29, 1.82) is 5.26 Å². The minimum Gasteiger partial charge on any atom is -0.481 e. The van der Waals surface area contributed by atoms with E-state index < -0.39 is 16.3 Å². The van der Waals surface area contributed by atoms with Gasteiger partial charge < -0.3 is 10.4 Å². The number of nitrogens with one attached hydrogen (secondary N) is 1. The molecule has 110 valence electrons. The van der Waals surface area contributed by atoms with E-state index in [9.17, 15) is 20.0 Å². The number of anilines is 1. The Balaban J connectivity index is 2.30. The smallest absolute Gasteiger partial charge is 0.311 e. The molecule has 7 nitrogen and oxygen atoms in total. The van der Waals surface area contributed by atoms with E-state index in [1.807, 2.05) is 6.07 Å². The minimum atomic E-state index is -0.894. The van der Waals surface area contributed by atoms with Crippen LogP contribution in [0.2, 0.25) is 0 Å². The molecule has 2 rings (SSSR count). The van der Waals surface area contributed by atoms with Gasteiger partial charge >= 0.3 is 5.97 Å². The fourth-order valence-electron chi connectivity index (χ4n) is 2.71. The molecular formula is C14H15N3O4. The molecule has 0 aliphatic heterocycles. The van der Waals surface area contributed by atoms with Crippen molar-refractivity contribution in [1.82, 2.24) is 0 Å². The molecule has 2 unspecified atom stereocenters. The van der Waals surface area contributed by atoms with Crippen molar-refractivity contribution >= 4 is 17.3 Å². The van der Waals surface area contributed by atoms with Gasteiger partial charge in [-0.2, -0.15) is 5.26 Å². The molecule has 1 aromatic carbocycles. The summed E-state index contributed by atoms with van der Waals surface area (Å²) in [6, 6.07) is 5.55. The average molecular weight is 289 g/mol. The summed E-state index contributed by atoms with van der Waals surface area (Å²) in [7, 11) is 0. The number of non-ortho nitro benzene ring substituents is 1. The molecule has 0 aromatic heterocycles. The van der Waals surface area contributed by atoms with E-state index in [2.05, 4.69) is 5.32 Å². The van der Waals surface area contributed by atoms with E-state index in [0.717, 1.165) is 6.42 Å². The Kier molecular flexibility index (Phi) is 3.80. The van der Waals surface area contributed by atoms with E-state index in [0.29, 0.717) is 18.5 Å². The summed E-state index contributed by atoms with van der Waals surface area (Å²) < 4.78 is 0. The Morgan fingerprint density at radius 3 is 2.90 bits per heavy atom. The fraction of sp³-hybridized carbons (Fsp3) is 0.429. The maximum absolute atomic E-state index is 11.4. The van der Waals surface area contributed by atoms with Crippen LogP contribution >= 0.6 is 0 Å². The van der Waals surface area contributed by atoms with Crippen molar-refractivity contribution in [2.45, 2.75) is 32.2 Å². The number of rotatable bonds is 4. The Morgan fingerprint density at radius 2 is 2.33 bits per heavy atom. The fourth-order valence-corrected chi connectivity index (χ4v) is 2.71. The van der Waals surface area contributed by atoms with Crippen molar-refractivity contribution < 1.29 is 14.8 Å². The lowest BCUT2D eigenvalue weighted by Crippen LogP contribution is -2.40. The van der Waals surface area contributed by atoms with Crippen molar-refractivity contribution in [3.63, 3.8) is 0 Å². The van der Waals surface area contributed by atoms with E-state index in [1.54, 1.807) is 6.92 Å². The highest BCUT2D eigenvalue weighted by Gasteiger charge is 2.45. The summed E-state index contributed by atoms with van der Waals surface area (Å²) in [5.74, 6) is -0.877. The van der Waals surface area contributed by atoms with Crippen molar-refractivity contribution in [2.24, 2.45) is 5.41 Å². The molecule has 1 aliphatic rings. The number of nitriles is 1. The minimum absolute atomic E-state index is 0.142. The molecular weight excluding hydrogens is 274 g/mol. The second-order valence-electron chi connectivity index (χ2n) is 5.41. The number of hydrogen-bond acceptors (Lipinski definition) is 5. The second-order valence-corrected chi connectivity index (χ2v) is 5.41. The molecule has 0 spiro atoms. The molecule has 1 saturated carbocycles.